The van der Waals surface area contributed by atoms with E-state index >= 15 is 0 Å². The van der Waals surface area contributed by atoms with Crippen LogP contribution in [0.5, 0.6) is 0 Å². The standard InChI is InChI=1S/C5H17NOSi2/c1-4-5-6-8-7-9(2)3/h6,9H,4-5,8H2,1-3H3. The summed E-state index contributed by atoms with van der Waals surface area (Å²) in [4.78, 5) is 3.32. The van der Waals surface area contributed by atoms with Gasteiger partial charge in [0.15, 0.2) is 9.04 Å². The van der Waals surface area contributed by atoms with Crippen molar-refractivity contribution in [1.82, 2.24) is 4.98 Å². The van der Waals surface area contributed by atoms with Gasteiger partial charge in [0.25, 0.3) is 0 Å². The fraction of sp³-hybridized carbons (Fsp3) is 1.00. The number of rotatable bonds is 5. The Kier molecular flexibility index (Phi) is 6.73. The SMILES string of the molecule is CCCN[SiH2]O[SiH](C)C. The molecule has 0 amide bonds. The van der Waals surface area contributed by atoms with Crippen LogP contribution in [0.4, 0.5) is 0 Å². The molecule has 1 N–H and O–H groups in total. The second-order valence-corrected chi connectivity index (χ2v) is 6.58. The van der Waals surface area contributed by atoms with E-state index in [9.17, 15) is 0 Å². The maximum atomic E-state index is 5.51. The third kappa shape index (κ3) is 8.35. The minimum atomic E-state index is -0.714. The zero-order valence-corrected chi connectivity index (χ0v) is 9.18. The van der Waals surface area contributed by atoms with Gasteiger partial charge in [-0.25, -0.2) is 0 Å². The van der Waals surface area contributed by atoms with Gasteiger partial charge < -0.3 is 9.10 Å². The van der Waals surface area contributed by atoms with E-state index in [2.05, 4.69) is 25.0 Å². The molecular weight excluding hydrogens is 146 g/mol. The Labute approximate surface area is 61.7 Å². The Morgan fingerprint density at radius 2 is 2.22 bits per heavy atom. The van der Waals surface area contributed by atoms with E-state index in [0.29, 0.717) is 0 Å². The highest BCUT2D eigenvalue weighted by molar-refractivity contribution is 6.55. The molecule has 0 saturated heterocycles. The largest absolute Gasteiger partial charge is 0.452 e. The van der Waals surface area contributed by atoms with E-state index in [1.807, 2.05) is 0 Å². The molecule has 2 nitrogen and oxygen atoms in total. The maximum absolute atomic E-state index is 5.51. The smallest absolute Gasteiger partial charge is 0.224 e. The van der Waals surface area contributed by atoms with Crippen LogP contribution in [0.2, 0.25) is 13.1 Å². The summed E-state index contributed by atoms with van der Waals surface area (Å²) < 4.78 is 5.51. The topological polar surface area (TPSA) is 21.3 Å². The Morgan fingerprint density at radius 3 is 2.67 bits per heavy atom. The van der Waals surface area contributed by atoms with Crippen molar-refractivity contribution in [3.8, 4) is 0 Å². The molecule has 0 aliphatic rings. The van der Waals surface area contributed by atoms with Gasteiger partial charge in [0.1, 0.15) is 0 Å². The Balaban J connectivity index is 2.75. The van der Waals surface area contributed by atoms with E-state index in [0.717, 1.165) is 6.54 Å². The van der Waals surface area contributed by atoms with Gasteiger partial charge in [0.05, 0.1) is 0 Å². The zero-order valence-electron chi connectivity index (χ0n) is 6.61. The highest BCUT2D eigenvalue weighted by Gasteiger charge is 1.92. The second kappa shape index (κ2) is 6.47. The molecule has 0 atom stereocenters. The van der Waals surface area contributed by atoms with Crippen molar-refractivity contribution in [2.24, 2.45) is 0 Å². The first-order valence-electron chi connectivity index (χ1n) is 3.59. The normalized spacial score (nSPS) is 12.0. The molecule has 0 bridgehead atoms. The molecule has 0 aromatic carbocycles. The van der Waals surface area contributed by atoms with Gasteiger partial charge in [0, 0.05) is 0 Å². The van der Waals surface area contributed by atoms with Crippen molar-refractivity contribution < 1.29 is 4.12 Å². The lowest BCUT2D eigenvalue weighted by atomic mass is 10.5. The lowest BCUT2D eigenvalue weighted by Gasteiger charge is -2.05. The van der Waals surface area contributed by atoms with Crippen LogP contribution in [0.25, 0.3) is 0 Å². The van der Waals surface area contributed by atoms with Crippen LogP contribution in [0.15, 0.2) is 0 Å². The summed E-state index contributed by atoms with van der Waals surface area (Å²) in [5, 5.41) is 0. The van der Waals surface area contributed by atoms with E-state index in [-0.39, 0.29) is 9.92 Å². The van der Waals surface area contributed by atoms with Crippen molar-refractivity contribution >= 4 is 19.0 Å². The zero-order chi connectivity index (χ0) is 7.11. The van der Waals surface area contributed by atoms with Gasteiger partial charge in [-0.2, -0.15) is 0 Å². The van der Waals surface area contributed by atoms with Gasteiger partial charge >= 0.3 is 0 Å². The van der Waals surface area contributed by atoms with E-state index in [1.165, 1.54) is 6.42 Å². The van der Waals surface area contributed by atoms with Gasteiger partial charge in [-0.05, 0) is 26.1 Å². The van der Waals surface area contributed by atoms with Crippen LogP contribution in [-0.2, 0) is 4.12 Å². The first-order chi connectivity index (χ1) is 4.27. The quantitative estimate of drug-likeness (QED) is 0.454. The molecule has 56 valence electrons. The van der Waals surface area contributed by atoms with Gasteiger partial charge in [-0.1, -0.05) is 6.92 Å². The van der Waals surface area contributed by atoms with E-state index in [4.69, 9.17) is 4.12 Å². The molecule has 0 spiro atoms. The highest BCUT2D eigenvalue weighted by Crippen LogP contribution is 1.77. The summed E-state index contributed by atoms with van der Waals surface area (Å²) in [6, 6.07) is 0. The maximum Gasteiger partial charge on any atom is 0.224 e. The Morgan fingerprint density at radius 1 is 1.56 bits per heavy atom. The minimum Gasteiger partial charge on any atom is -0.452 e. The fourth-order valence-corrected chi connectivity index (χ4v) is 2.78. The highest BCUT2D eigenvalue weighted by atomic mass is 28.3. The molecule has 0 heterocycles. The van der Waals surface area contributed by atoms with Crippen molar-refractivity contribution in [1.29, 1.82) is 0 Å². The lowest BCUT2D eigenvalue weighted by molar-refractivity contribution is 0.599. The van der Waals surface area contributed by atoms with Crippen molar-refractivity contribution in [2.45, 2.75) is 26.4 Å². The summed E-state index contributed by atoms with van der Waals surface area (Å²) in [5.74, 6) is 0. The Bertz CT molecular complexity index is 60.9. The molecule has 0 rings (SSSR count). The number of hydrogen-bond acceptors (Lipinski definition) is 2. The van der Waals surface area contributed by atoms with E-state index in [1.54, 1.807) is 0 Å². The number of hydrogen-bond donors (Lipinski definition) is 1. The third-order valence-electron chi connectivity index (χ3n) is 0.946. The fourth-order valence-electron chi connectivity index (χ4n) is 0.475. The molecule has 4 heteroatoms. The van der Waals surface area contributed by atoms with Crippen molar-refractivity contribution in [3.63, 3.8) is 0 Å². The average molecular weight is 163 g/mol. The third-order valence-corrected chi connectivity index (χ3v) is 4.84. The van der Waals surface area contributed by atoms with Crippen LogP contribution in [-0.4, -0.2) is 25.5 Å². The molecular formula is C5H17NOSi2. The molecule has 0 radical (unpaired) electrons. The van der Waals surface area contributed by atoms with Crippen molar-refractivity contribution in [2.75, 3.05) is 6.54 Å². The first-order valence-corrected chi connectivity index (χ1v) is 7.66. The minimum absolute atomic E-state index is 0.335. The van der Waals surface area contributed by atoms with Gasteiger partial charge in [-0.15, -0.1) is 0 Å². The number of nitrogens with one attached hydrogen (secondary N) is 1. The molecule has 0 saturated carbocycles. The second-order valence-electron chi connectivity index (χ2n) is 2.36. The average Bonchev–Trinajstić information content (AvgIpc) is 1.80. The van der Waals surface area contributed by atoms with Crippen LogP contribution >= 0.6 is 0 Å². The van der Waals surface area contributed by atoms with Crippen LogP contribution in [0, 0.1) is 0 Å². The molecule has 0 aromatic rings. The molecule has 0 unspecified atom stereocenters. The monoisotopic (exact) mass is 163 g/mol. The predicted octanol–water partition coefficient (Wildman–Crippen LogP) is -0.0152. The molecule has 0 fully saturated rings. The summed E-state index contributed by atoms with van der Waals surface area (Å²) in [5.41, 5.74) is 0. The van der Waals surface area contributed by atoms with Crippen LogP contribution < -0.4 is 4.98 Å². The van der Waals surface area contributed by atoms with Gasteiger partial charge in [0.2, 0.25) is 9.92 Å². The molecule has 0 aliphatic heterocycles. The predicted molar refractivity (Wildman–Crippen MR) is 46.8 cm³/mol. The van der Waals surface area contributed by atoms with E-state index < -0.39 is 9.04 Å². The molecule has 0 aliphatic carbocycles. The van der Waals surface area contributed by atoms with Crippen molar-refractivity contribution in [3.05, 3.63) is 0 Å². The summed E-state index contributed by atoms with van der Waals surface area (Å²) in [7, 11) is -1.05. The summed E-state index contributed by atoms with van der Waals surface area (Å²) in [6.07, 6.45) is 1.22. The lowest BCUT2D eigenvalue weighted by Crippen LogP contribution is -2.26. The van der Waals surface area contributed by atoms with Crippen LogP contribution in [0.1, 0.15) is 13.3 Å². The first kappa shape index (κ1) is 9.35. The summed E-state index contributed by atoms with van der Waals surface area (Å²) in [6.45, 7) is 7.72. The van der Waals surface area contributed by atoms with Gasteiger partial charge in [-0.3, -0.25) is 0 Å². The Hall–Kier alpha value is 0.354. The molecule has 9 heavy (non-hydrogen) atoms. The molecule has 0 aromatic heterocycles. The summed E-state index contributed by atoms with van der Waals surface area (Å²) >= 11 is 0. The van der Waals surface area contributed by atoms with Crippen LogP contribution in [0.3, 0.4) is 0 Å².